The molecule has 1 aliphatic heterocycles. The number of hydrazone groups is 1. The predicted molar refractivity (Wildman–Crippen MR) is 37.3 cm³/mol. The maximum Gasteiger partial charge on any atom is 0.0649 e. The highest BCUT2D eigenvalue weighted by atomic mass is 15.3. The summed E-state index contributed by atoms with van der Waals surface area (Å²) in [4.78, 5) is 0. The number of nitrogens with zero attached hydrogens (tertiary/aromatic N) is 1. The van der Waals surface area contributed by atoms with Gasteiger partial charge < -0.3 is 5.43 Å². The first-order chi connectivity index (χ1) is 4.47. The van der Waals surface area contributed by atoms with E-state index in [1.54, 1.807) is 0 Å². The molecule has 1 heterocycles. The van der Waals surface area contributed by atoms with Crippen molar-refractivity contribution in [1.29, 1.82) is 0 Å². The molecule has 2 aliphatic rings. The van der Waals surface area contributed by atoms with Crippen LogP contribution in [0.4, 0.5) is 0 Å². The van der Waals surface area contributed by atoms with Crippen molar-refractivity contribution >= 4 is 5.71 Å². The molecule has 9 heavy (non-hydrogen) atoms. The molecule has 1 aliphatic carbocycles. The SMILES string of the molecule is C1=CC2=NNCC2CC1. The second kappa shape index (κ2) is 1.87. The van der Waals surface area contributed by atoms with Crippen LogP contribution in [0.2, 0.25) is 0 Å². The first-order valence-corrected chi connectivity index (χ1v) is 3.44. The van der Waals surface area contributed by atoms with Gasteiger partial charge in [-0.05, 0) is 18.9 Å². The van der Waals surface area contributed by atoms with Crippen LogP contribution in [0, 0.1) is 5.92 Å². The van der Waals surface area contributed by atoms with Gasteiger partial charge in [-0.15, -0.1) is 0 Å². The third-order valence-electron chi connectivity index (χ3n) is 1.93. The molecular formula is C7H10N2. The second-order valence-electron chi connectivity index (χ2n) is 2.58. The van der Waals surface area contributed by atoms with Crippen molar-refractivity contribution in [2.24, 2.45) is 11.0 Å². The molecular weight excluding hydrogens is 112 g/mol. The molecule has 0 fully saturated rings. The van der Waals surface area contributed by atoms with Crippen molar-refractivity contribution in [2.75, 3.05) is 6.54 Å². The third-order valence-corrected chi connectivity index (χ3v) is 1.93. The minimum atomic E-state index is 0.718. The Kier molecular flexibility index (Phi) is 1.04. The van der Waals surface area contributed by atoms with E-state index in [0.29, 0.717) is 0 Å². The zero-order chi connectivity index (χ0) is 6.10. The van der Waals surface area contributed by atoms with Gasteiger partial charge in [0, 0.05) is 12.5 Å². The Morgan fingerprint density at radius 2 is 2.67 bits per heavy atom. The summed E-state index contributed by atoms with van der Waals surface area (Å²) in [6.07, 6.45) is 6.84. The van der Waals surface area contributed by atoms with Crippen LogP contribution in [0.25, 0.3) is 0 Å². The van der Waals surface area contributed by atoms with Crippen LogP contribution in [0.5, 0.6) is 0 Å². The number of rotatable bonds is 0. The van der Waals surface area contributed by atoms with E-state index < -0.39 is 0 Å². The summed E-state index contributed by atoms with van der Waals surface area (Å²) >= 11 is 0. The topological polar surface area (TPSA) is 24.4 Å². The van der Waals surface area contributed by atoms with E-state index in [1.807, 2.05) is 0 Å². The molecule has 1 N–H and O–H groups in total. The van der Waals surface area contributed by atoms with Gasteiger partial charge in [-0.3, -0.25) is 0 Å². The van der Waals surface area contributed by atoms with E-state index in [9.17, 15) is 0 Å². The summed E-state index contributed by atoms with van der Waals surface area (Å²) in [6, 6.07) is 0. The fourth-order valence-corrected chi connectivity index (χ4v) is 1.37. The fourth-order valence-electron chi connectivity index (χ4n) is 1.37. The lowest BCUT2D eigenvalue weighted by molar-refractivity contribution is 0.612. The van der Waals surface area contributed by atoms with Crippen molar-refractivity contribution in [2.45, 2.75) is 12.8 Å². The van der Waals surface area contributed by atoms with E-state index in [0.717, 1.165) is 12.5 Å². The van der Waals surface area contributed by atoms with Gasteiger partial charge in [-0.2, -0.15) is 5.10 Å². The van der Waals surface area contributed by atoms with Crippen LogP contribution in [0.15, 0.2) is 17.3 Å². The average molecular weight is 122 g/mol. The second-order valence-corrected chi connectivity index (χ2v) is 2.58. The van der Waals surface area contributed by atoms with E-state index in [-0.39, 0.29) is 0 Å². The van der Waals surface area contributed by atoms with Crippen molar-refractivity contribution < 1.29 is 0 Å². The molecule has 0 bridgehead atoms. The van der Waals surface area contributed by atoms with Crippen LogP contribution < -0.4 is 5.43 Å². The zero-order valence-corrected chi connectivity index (χ0v) is 5.30. The van der Waals surface area contributed by atoms with E-state index >= 15 is 0 Å². The molecule has 0 aromatic heterocycles. The van der Waals surface area contributed by atoms with Gasteiger partial charge in [0.2, 0.25) is 0 Å². The van der Waals surface area contributed by atoms with Gasteiger partial charge >= 0.3 is 0 Å². The van der Waals surface area contributed by atoms with Gasteiger partial charge in [0.05, 0.1) is 5.71 Å². The number of fused-ring (bicyclic) bond motifs is 1. The Hall–Kier alpha value is -0.790. The third kappa shape index (κ3) is 0.745. The lowest BCUT2D eigenvalue weighted by atomic mass is 9.94. The van der Waals surface area contributed by atoms with Gasteiger partial charge in [0.1, 0.15) is 0 Å². The summed E-state index contributed by atoms with van der Waals surface area (Å²) in [6.45, 7) is 1.06. The maximum atomic E-state index is 4.14. The van der Waals surface area contributed by atoms with Gasteiger partial charge in [-0.1, -0.05) is 6.08 Å². The van der Waals surface area contributed by atoms with E-state index in [4.69, 9.17) is 0 Å². The minimum Gasteiger partial charge on any atom is -0.309 e. The van der Waals surface area contributed by atoms with Crippen molar-refractivity contribution in [3.63, 3.8) is 0 Å². The molecule has 0 aromatic rings. The summed E-state index contributed by atoms with van der Waals surface area (Å²) in [5.41, 5.74) is 4.25. The first kappa shape index (κ1) is 5.03. The molecule has 0 spiro atoms. The lowest BCUT2D eigenvalue weighted by Crippen LogP contribution is -2.15. The minimum absolute atomic E-state index is 0.718. The van der Waals surface area contributed by atoms with Crippen molar-refractivity contribution in [3.8, 4) is 0 Å². The van der Waals surface area contributed by atoms with Crippen LogP contribution in [-0.4, -0.2) is 12.3 Å². The fraction of sp³-hybridized carbons (Fsp3) is 0.571. The summed E-state index contributed by atoms with van der Waals surface area (Å²) in [5.74, 6) is 0.718. The smallest absolute Gasteiger partial charge is 0.0649 e. The Morgan fingerprint density at radius 3 is 3.56 bits per heavy atom. The zero-order valence-electron chi connectivity index (χ0n) is 5.30. The molecule has 0 amide bonds. The average Bonchev–Trinajstić information content (AvgIpc) is 2.33. The first-order valence-electron chi connectivity index (χ1n) is 3.44. The molecule has 0 saturated heterocycles. The quantitative estimate of drug-likeness (QED) is 0.507. The number of nitrogens with one attached hydrogen (secondary N) is 1. The standard InChI is InChI=1S/C7H10N2/c1-2-4-7-6(3-1)5-8-9-7/h2,4,6,8H,1,3,5H2. The number of hydrogen-bond donors (Lipinski definition) is 1. The largest absolute Gasteiger partial charge is 0.309 e. The van der Waals surface area contributed by atoms with Crippen LogP contribution >= 0.6 is 0 Å². The predicted octanol–water partition coefficient (Wildman–Crippen LogP) is 0.912. The molecule has 2 heteroatoms. The molecule has 48 valence electrons. The Morgan fingerprint density at radius 1 is 1.67 bits per heavy atom. The van der Waals surface area contributed by atoms with Crippen molar-refractivity contribution in [1.82, 2.24) is 5.43 Å². The summed E-state index contributed by atoms with van der Waals surface area (Å²) in [7, 11) is 0. The summed E-state index contributed by atoms with van der Waals surface area (Å²) in [5, 5.41) is 4.14. The van der Waals surface area contributed by atoms with E-state index in [1.165, 1.54) is 18.6 Å². The lowest BCUT2D eigenvalue weighted by Gasteiger charge is -2.10. The van der Waals surface area contributed by atoms with Crippen molar-refractivity contribution in [3.05, 3.63) is 12.2 Å². The molecule has 2 nitrogen and oxygen atoms in total. The van der Waals surface area contributed by atoms with Crippen LogP contribution in [-0.2, 0) is 0 Å². The van der Waals surface area contributed by atoms with Gasteiger partial charge in [0.15, 0.2) is 0 Å². The van der Waals surface area contributed by atoms with Crippen LogP contribution in [0.1, 0.15) is 12.8 Å². The monoisotopic (exact) mass is 122 g/mol. The Labute approximate surface area is 54.6 Å². The number of hydrogen-bond acceptors (Lipinski definition) is 2. The highest BCUT2D eigenvalue weighted by molar-refractivity contribution is 5.98. The maximum absolute atomic E-state index is 4.14. The normalized spacial score (nSPS) is 31.1. The Bertz CT molecular complexity index is 170. The molecule has 1 atom stereocenters. The molecule has 2 rings (SSSR count). The highest BCUT2D eigenvalue weighted by Gasteiger charge is 2.20. The molecule has 0 saturated carbocycles. The molecule has 0 aromatic carbocycles. The van der Waals surface area contributed by atoms with Gasteiger partial charge in [-0.25, -0.2) is 0 Å². The van der Waals surface area contributed by atoms with E-state index in [2.05, 4.69) is 22.7 Å². The van der Waals surface area contributed by atoms with Crippen LogP contribution in [0.3, 0.4) is 0 Å². The highest BCUT2D eigenvalue weighted by Crippen LogP contribution is 2.17. The molecule has 1 unspecified atom stereocenters. The number of allylic oxidation sites excluding steroid dienone is 2. The summed E-state index contributed by atoms with van der Waals surface area (Å²) < 4.78 is 0. The Balaban J connectivity index is 2.24. The van der Waals surface area contributed by atoms with Gasteiger partial charge in [0.25, 0.3) is 0 Å². The molecule has 0 radical (unpaired) electrons.